The Kier molecular flexibility index (Phi) is 5.34. The van der Waals surface area contributed by atoms with Crippen LogP contribution in [-0.2, 0) is 0 Å². The Morgan fingerprint density at radius 3 is 2.58 bits per heavy atom. The number of nitrogens with one attached hydrogen (secondary N) is 2. The lowest BCUT2D eigenvalue weighted by molar-refractivity contribution is 0.102. The average molecular weight is 349 g/mol. The number of anilines is 3. The van der Waals surface area contributed by atoms with Crippen molar-refractivity contribution in [1.29, 1.82) is 0 Å². The predicted molar refractivity (Wildman–Crippen MR) is 101 cm³/mol. The molecule has 2 N–H and O–H groups in total. The molecule has 6 nitrogen and oxygen atoms in total. The fourth-order valence-corrected chi connectivity index (χ4v) is 2.44. The highest BCUT2D eigenvalue weighted by molar-refractivity contribution is 6.04. The molecule has 0 unspecified atom stereocenters. The van der Waals surface area contributed by atoms with Crippen molar-refractivity contribution in [3.63, 3.8) is 0 Å². The zero-order valence-electron chi connectivity index (χ0n) is 14.5. The van der Waals surface area contributed by atoms with Crippen LogP contribution in [0.15, 0.2) is 67.0 Å². The number of nitrogens with zero attached hydrogens (tertiary/aromatic N) is 1. The lowest BCUT2D eigenvalue weighted by Crippen LogP contribution is -2.12. The molecule has 0 saturated carbocycles. The van der Waals surface area contributed by atoms with Gasteiger partial charge in [-0.25, -0.2) is 0 Å². The van der Waals surface area contributed by atoms with Gasteiger partial charge in [-0.2, -0.15) is 0 Å². The zero-order valence-corrected chi connectivity index (χ0v) is 14.5. The Hall–Kier alpha value is -3.54. The summed E-state index contributed by atoms with van der Waals surface area (Å²) >= 11 is 0. The quantitative estimate of drug-likeness (QED) is 0.701. The predicted octanol–water partition coefficient (Wildman–Crippen LogP) is 4.09. The van der Waals surface area contributed by atoms with Crippen LogP contribution in [0, 0.1) is 0 Å². The Morgan fingerprint density at radius 2 is 1.77 bits per heavy atom. The van der Waals surface area contributed by atoms with Gasteiger partial charge in [0.1, 0.15) is 11.5 Å². The van der Waals surface area contributed by atoms with Crippen LogP contribution in [-0.4, -0.2) is 25.1 Å². The van der Waals surface area contributed by atoms with Crippen LogP contribution in [0.5, 0.6) is 11.5 Å². The number of pyridine rings is 1. The molecule has 0 spiro atoms. The minimum absolute atomic E-state index is 0.255. The van der Waals surface area contributed by atoms with E-state index in [1.807, 2.05) is 36.4 Å². The SMILES string of the molecule is COc1cccc(NC(=O)c2cncc(Nc3ccccc3OC)c2)c1. The first-order valence-electron chi connectivity index (χ1n) is 8.00. The van der Waals surface area contributed by atoms with Crippen LogP contribution in [0.1, 0.15) is 10.4 Å². The van der Waals surface area contributed by atoms with Gasteiger partial charge in [0, 0.05) is 18.0 Å². The lowest BCUT2D eigenvalue weighted by atomic mass is 10.2. The van der Waals surface area contributed by atoms with E-state index >= 15 is 0 Å². The summed E-state index contributed by atoms with van der Waals surface area (Å²) in [7, 11) is 3.19. The largest absolute Gasteiger partial charge is 0.497 e. The van der Waals surface area contributed by atoms with E-state index in [0.29, 0.717) is 28.4 Å². The van der Waals surface area contributed by atoms with Gasteiger partial charge in [0.05, 0.1) is 37.4 Å². The summed E-state index contributed by atoms with van der Waals surface area (Å²) in [5.74, 6) is 1.13. The molecule has 0 aliphatic rings. The van der Waals surface area contributed by atoms with Crippen LogP contribution in [0.4, 0.5) is 17.1 Å². The minimum atomic E-state index is -0.255. The first-order chi connectivity index (χ1) is 12.7. The summed E-state index contributed by atoms with van der Waals surface area (Å²) < 4.78 is 10.5. The highest BCUT2D eigenvalue weighted by Gasteiger charge is 2.09. The summed E-state index contributed by atoms with van der Waals surface area (Å²) in [5, 5.41) is 6.05. The molecule has 0 radical (unpaired) electrons. The topological polar surface area (TPSA) is 72.5 Å². The van der Waals surface area contributed by atoms with E-state index in [1.54, 1.807) is 38.6 Å². The van der Waals surface area contributed by atoms with E-state index in [1.165, 1.54) is 6.20 Å². The van der Waals surface area contributed by atoms with E-state index < -0.39 is 0 Å². The average Bonchev–Trinajstić information content (AvgIpc) is 2.69. The standard InChI is InChI=1S/C20H19N3O3/c1-25-17-7-5-6-15(11-17)23-20(24)14-10-16(13-21-12-14)22-18-8-3-4-9-19(18)26-2/h3-13,22H,1-2H3,(H,23,24). The third kappa shape index (κ3) is 4.10. The van der Waals surface area contributed by atoms with Gasteiger partial charge in [0.25, 0.3) is 5.91 Å². The highest BCUT2D eigenvalue weighted by atomic mass is 16.5. The maximum absolute atomic E-state index is 12.5. The number of para-hydroxylation sites is 2. The van der Waals surface area contributed by atoms with Gasteiger partial charge in [-0.15, -0.1) is 0 Å². The van der Waals surface area contributed by atoms with E-state index in [0.717, 1.165) is 5.69 Å². The van der Waals surface area contributed by atoms with Gasteiger partial charge in [-0.3, -0.25) is 9.78 Å². The molecule has 0 aliphatic carbocycles. The van der Waals surface area contributed by atoms with Crippen LogP contribution >= 0.6 is 0 Å². The monoisotopic (exact) mass is 349 g/mol. The molecule has 0 saturated heterocycles. The number of amides is 1. The van der Waals surface area contributed by atoms with Crippen molar-refractivity contribution in [2.75, 3.05) is 24.9 Å². The third-order valence-corrected chi connectivity index (χ3v) is 3.71. The number of rotatable bonds is 6. The molecule has 6 heteroatoms. The number of hydrogen-bond donors (Lipinski definition) is 2. The van der Waals surface area contributed by atoms with Gasteiger partial charge >= 0.3 is 0 Å². The van der Waals surface area contributed by atoms with Gasteiger partial charge in [-0.05, 0) is 30.3 Å². The van der Waals surface area contributed by atoms with Crippen molar-refractivity contribution < 1.29 is 14.3 Å². The summed E-state index contributed by atoms with van der Waals surface area (Å²) in [5.41, 5.74) is 2.57. The number of carbonyl (C=O) groups is 1. The number of hydrogen-bond acceptors (Lipinski definition) is 5. The summed E-state index contributed by atoms with van der Waals surface area (Å²) in [6, 6.07) is 16.4. The minimum Gasteiger partial charge on any atom is -0.497 e. The Balaban J connectivity index is 1.77. The van der Waals surface area contributed by atoms with E-state index in [2.05, 4.69) is 15.6 Å². The second kappa shape index (κ2) is 8.02. The van der Waals surface area contributed by atoms with Gasteiger partial charge < -0.3 is 20.1 Å². The van der Waals surface area contributed by atoms with Crippen molar-refractivity contribution in [3.05, 3.63) is 72.6 Å². The second-order valence-corrected chi connectivity index (χ2v) is 5.47. The van der Waals surface area contributed by atoms with Crippen LogP contribution in [0.2, 0.25) is 0 Å². The fourth-order valence-electron chi connectivity index (χ4n) is 2.44. The molecule has 0 bridgehead atoms. The number of benzene rings is 2. The maximum Gasteiger partial charge on any atom is 0.257 e. The molecule has 3 aromatic rings. The third-order valence-electron chi connectivity index (χ3n) is 3.71. The molecule has 26 heavy (non-hydrogen) atoms. The molecule has 2 aromatic carbocycles. The van der Waals surface area contributed by atoms with Crippen molar-refractivity contribution in [2.45, 2.75) is 0 Å². The molecular weight excluding hydrogens is 330 g/mol. The lowest BCUT2D eigenvalue weighted by Gasteiger charge is -2.12. The van der Waals surface area contributed by atoms with Gasteiger partial charge in [0.15, 0.2) is 0 Å². The van der Waals surface area contributed by atoms with Crippen LogP contribution in [0.25, 0.3) is 0 Å². The highest BCUT2D eigenvalue weighted by Crippen LogP contribution is 2.27. The maximum atomic E-state index is 12.5. The van der Waals surface area contributed by atoms with Crippen LogP contribution in [0.3, 0.4) is 0 Å². The van der Waals surface area contributed by atoms with Crippen molar-refractivity contribution in [2.24, 2.45) is 0 Å². The second-order valence-electron chi connectivity index (χ2n) is 5.47. The molecular formula is C20H19N3O3. The number of aromatic nitrogens is 1. The van der Waals surface area contributed by atoms with E-state index in [-0.39, 0.29) is 5.91 Å². The number of methoxy groups -OCH3 is 2. The van der Waals surface area contributed by atoms with E-state index in [9.17, 15) is 4.79 Å². The first kappa shape index (κ1) is 17.3. The smallest absolute Gasteiger partial charge is 0.257 e. The number of ether oxygens (including phenoxy) is 2. The molecule has 0 atom stereocenters. The van der Waals surface area contributed by atoms with Gasteiger partial charge in [0.2, 0.25) is 0 Å². The number of carbonyl (C=O) groups excluding carboxylic acids is 1. The molecule has 3 rings (SSSR count). The van der Waals surface area contributed by atoms with Crippen LogP contribution < -0.4 is 20.1 Å². The van der Waals surface area contributed by atoms with Crippen molar-refractivity contribution in [3.8, 4) is 11.5 Å². The fraction of sp³-hybridized carbons (Fsp3) is 0.100. The summed E-state index contributed by atoms with van der Waals surface area (Å²) in [6.07, 6.45) is 3.16. The molecule has 1 amide bonds. The molecule has 1 aromatic heterocycles. The Morgan fingerprint density at radius 1 is 0.923 bits per heavy atom. The normalized spacial score (nSPS) is 10.1. The van der Waals surface area contributed by atoms with Gasteiger partial charge in [-0.1, -0.05) is 18.2 Å². The molecule has 0 aliphatic heterocycles. The molecule has 1 heterocycles. The zero-order chi connectivity index (χ0) is 18.4. The summed E-state index contributed by atoms with van der Waals surface area (Å²) in [6.45, 7) is 0. The first-order valence-corrected chi connectivity index (χ1v) is 8.00. The van der Waals surface area contributed by atoms with Crippen molar-refractivity contribution >= 4 is 23.0 Å². The Bertz CT molecular complexity index is 912. The van der Waals surface area contributed by atoms with Crippen molar-refractivity contribution in [1.82, 2.24) is 4.98 Å². The molecule has 0 fully saturated rings. The van der Waals surface area contributed by atoms with E-state index in [4.69, 9.17) is 9.47 Å². The summed E-state index contributed by atoms with van der Waals surface area (Å²) in [4.78, 5) is 16.6. The molecule has 132 valence electrons. The Labute approximate surface area is 151 Å².